The van der Waals surface area contributed by atoms with Gasteiger partial charge < -0.3 is 10.6 Å². The van der Waals surface area contributed by atoms with Crippen molar-refractivity contribution in [3.05, 3.63) is 58.3 Å². The first-order valence-corrected chi connectivity index (χ1v) is 8.97. The summed E-state index contributed by atoms with van der Waals surface area (Å²) in [5, 5.41) is 9.29. The van der Waals surface area contributed by atoms with Crippen LogP contribution in [-0.4, -0.2) is 27.2 Å². The van der Waals surface area contributed by atoms with Crippen LogP contribution in [0, 0.1) is 5.82 Å². The molecule has 130 valence electrons. The van der Waals surface area contributed by atoms with Crippen molar-refractivity contribution in [3.8, 4) is 17.1 Å². The predicted molar refractivity (Wildman–Crippen MR) is 98.2 cm³/mol. The molecule has 9 heteroatoms. The summed E-state index contributed by atoms with van der Waals surface area (Å²) < 4.78 is 20.7. The second-order valence-corrected chi connectivity index (χ2v) is 6.78. The van der Waals surface area contributed by atoms with Crippen LogP contribution < -0.4 is 10.6 Å². The van der Waals surface area contributed by atoms with Crippen LogP contribution in [0.1, 0.15) is 0 Å². The number of aromatic nitrogens is 3. The van der Waals surface area contributed by atoms with Gasteiger partial charge in [-0.2, -0.15) is 0 Å². The molecule has 25 heavy (non-hydrogen) atoms. The molecular weight excluding hydrogens is 386 g/mol. The van der Waals surface area contributed by atoms with Crippen LogP contribution in [0.3, 0.4) is 0 Å². The Kier molecular flexibility index (Phi) is 5.67. The van der Waals surface area contributed by atoms with E-state index in [0.717, 1.165) is 0 Å². The third-order valence-electron chi connectivity index (χ3n) is 3.26. The molecule has 0 unspecified atom stereocenters. The van der Waals surface area contributed by atoms with E-state index in [4.69, 9.17) is 33.8 Å². The summed E-state index contributed by atoms with van der Waals surface area (Å²) in [5.74, 6) is 6.79. The number of benzene rings is 2. The molecule has 0 aliphatic heterocycles. The van der Waals surface area contributed by atoms with Gasteiger partial charge in [0.25, 0.3) is 0 Å². The first-order chi connectivity index (χ1) is 12.1. The number of nitrogens with two attached hydrogens (primary N) is 1. The van der Waals surface area contributed by atoms with Crippen molar-refractivity contribution in [2.75, 3.05) is 18.2 Å². The average Bonchev–Trinajstić information content (AvgIpc) is 2.95. The van der Waals surface area contributed by atoms with Crippen LogP contribution in [0.25, 0.3) is 11.4 Å². The lowest BCUT2D eigenvalue weighted by atomic mass is 10.2. The zero-order valence-electron chi connectivity index (χ0n) is 12.8. The Morgan fingerprint density at radius 2 is 1.80 bits per heavy atom. The average molecular weight is 399 g/mol. The van der Waals surface area contributed by atoms with Crippen LogP contribution in [0.4, 0.5) is 4.39 Å². The van der Waals surface area contributed by atoms with Crippen molar-refractivity contribution in [2.45, 2.75) is 5.16 Å². The van der Waals surface area contributed by atoms with Gasteiger partial charge in [-0.05, 0) is 24.3 Å². The molecule has 2 aromatic carbocycles. The minimum absolute atomic E-state index is 0.260. The highest BCUT2D eigenvalue weighted by atomic mass is 35.5. The minimum atomic E-state index is -0.408. The van der Waals surface area contributed by atoms with Crippen molar-refractivity contribution >= 4 is 35.0 Å². The molecule has 0 spiro atoms. The molecule has 0 saturated carbocycles. The van der Waals surface area contributed by atoms with E-state index < -0.39 is 5.82 Å². The van der Waals surface area contributed by atoms with Gasteiger partial charge in [-0.1, -0.05) is 53.2 Å². The van der Waals surface area contributed by atoms with E-state index in [9.17, 15) is 4.39 Å². The number of halogens is 3. The van der Waals surface area contributed by atoms with Crippen molar-refractivity contribution in [2.24, 2.45) is 0 Å². The Labute approximate surface area is 157 Å². The summed E-state index contributed by atoms with van der Waals surface area (Å²) in [6, 6.07) is 11.4. The highest BCUT2D eigenvalue weighted by Crippen LogP contribution is 2.32. The zero-order valence-corrected chi connectivity index (χ0v) is 15.2. The van der Waals surface area contributed by atoms with Crippen molar-refractivity contribution in [1.82, 2.24) is 14.9 Å². The molecule has 0 atom stereocenters. The van der Waals surface area contributed by atoms with Gasteiger partial charge in [0, 0.05) is 5.75 Å². The summed E-state index contributed by atoms with van der Waals surface area (Å²) in [7, 11) is 0. The first-order valence-electron chi connectivity index (χ1n) is 7.23. The summed E-state index contributed by atoms with van der Waals surface area (Å²) >= 11 is 13.4. The highest BCUT2D eigenvalue weighted by Gasteiger charge is 2.15. The van der Waals surface area contributed by atoms with Gasteiger partial charge in [0.05, 0.1) is 22.2 Å². The van der Waals surface area contributed by atoms with Gasteiger partial charge in [-0.25, -0.2) is 9.07 Å². The van der Waals surface area contributed by atoms with Gasteiger partial charge in [-0.15, -0.1) is 10.2 Å². The fraction of sp³-hybridized carbons (Fsp3) is 0.125. The van der Waals surface area contributed by atoms with E-state index in [-0.39, 0.29) is 5.82 Å². The Hall–Kier alpha value is -1.96. The van der Waals surface area contributed by atoms with E-state index in [1.54, 1.807) is 36.4 Å². The van der Waals surface area contributed by atoms with Gasteiger partial charge in [0.2, 0.25) is 5.16 Å². The summed E-state index contributed by atoms with van der Waals surface area (Å²) in [4.78, 5) is 0. The molecule has 0 aliphatic rings. The highest BCUT2D eigenvalue weighted by molar-refractivity contribution is 7.99. The lowest BCUT2D eigenvalue weighted by Crippen LogP contribution is -2.12. The molecule has 0 aliphatic carbocycles. The van der Waals surface area contributed by atoms with E-state index in [0.29, 0.717) is 38.9 Å². The van der Waals surface area contributed by atoms with Gasteiger partial charge in [-0.3, -0.25) is 0 Å². The topological polar surface area (TPSA) is 66.0 Å². The number of rotatable bonds is 6. The second-order valence-electron chi connectivity index (χ2n) is 4.90. The van der Waals surface area contributed by atoms with Gasteiger partial charge >= 0.3 is 0 Å². The van der Waals surface area contributed by atoms with Gasteiger partial charge in [0.15, 0.2) is 11.6 Å². The predicted octanol–water partition coefficient (Wildman–Crippen LogP) is 4.28. The maximum absolute atomic E-state index is 13.8. The molecular formula is C16H13Cl2FN4OS. The molecule has 3 rings (SSSR count). The normalized spacial score (nSPS) is 10.8. The number of hydrogen-bond donors (Lipinski definition) is 1. The third kappa shape index (κ3) is 4.00. The van der Waals surface area contributed by atoms with Crippen molar-refractivity contribution < 1.29 is 9.13 Å². The van der Waals surface area contributed by atoms with Crippen LogP contribution in [0.15, 0.2) is 47.6 Å². The Balaban J connectivity index is 1.62. The number of para-hydroxylation sites is 1. The van der Waals surface area contributed by atoms with Crippen LogP contribution in [-0.2, 0) is 0 Å². The maximum atomic E-state index is 13.8. The fourth-order valence-corrected chi connectivity index (χ4v) is 3.28. The number of hydrogen-bond acceptors (Lipinski definition) is 5. The van der Waals surface area contributed by atoms with E-state index >= 15 is 0 Å². The standard InChI is InChI=1S/C16H13Cl2FN4OS/c17-11-5-3-6-12(18)14(11)24-8-9-25-16-22-21-15(23(16)20)10-4-1-2-7-13(10)19/h1-7H,8-9,20H2. The van der Waals surface area contributed by atoms with Crippen molar-refractivity contribution in [3.63, 3.8) is 0 Å². The fourth-order valence-electron chi connectivity index (χ4n) is 2.10. The maximum Gasteiger partial charge on any atom is 0.210 e. The molecule has 0 radical (unpaired) electrons. The van der Waals surface area contributed by atoms with Crippen LogP contribution in [0.5, 0.6) is 5.75 Å². The molecule has 0 amide bonds. The number of nitrogen functional groups attached to an aromatic ring is 1. The number of ether oxygens (including phenoxy) is 1. The third-order valence-corrected chi connectivity index (χ3v) is 4.76. The lowest BCUT2D eigenvalue weighted by Gasteiger charge is -2.09. The molecule has 3 aromatic rings. The summed E-state index contributed by atoms with van der Waals surface area (Å²) in [6.07, 6.45) is 0. The SMILES string of the molecule is Nn1c(SCCOc2c(Cl)cccc2Cl)nnc1-c1ccccc1F. The van der Waals surface area contributed by atoms with Gasteiger partial charge in [0.1, 0.15) is 5.82 Å². The Morgan fingerprint density at radius 1 is 1.08 bits per heavy atom. The Morgan fingerprint density at radius 3 is 2.52 bits per heavy atom. The van der Waals surface area contributed by atoms with E-state index in [1.165, 1.54) is 22.5 Å². The summed E-state index contributed by atoms with van der Waals surface area (Å²) in [5.41, 5.74) is 0.295. The van der Waals surface area contributed by atoms with Crippen molar-refractivity contribution in [1.29, 1.82) is 0 Å². The van der Waals surface area contributed by atoms with Crippen LogP contribution in [0.2, 0.25) is 10.0 Å². The summed E-state index contributed by atoms with van der Waals surface area (Å²) in [6.45, 7) is 0.343. The molecule has 0 saturated heterocycles. The smallest absolute Gasteiger partial charge is 0.210 e. The molecule has 5 nitrogen and oxygen atoms in total. The largest absolute Gasteiger partial charge is 0.490 e. The first kappa shape index (κ1) is 17.8. The molecule has 0 bridgehead atoms. The molecule has 1 aromatic heterocycles. The minimum Gasteiger partial charge on any atom is -0.490 e. The molecule has 2 N–H and O–H groups in total. The monoisotopic (exact) mass is 398 g/mol. The number of thioether (sulfide) groups is 1. The second kappa shape index (κ2) is 7.95. The Bertz CT molecular complexity index is 870. The van der Waals surface area contributed by atoms with E-state index in [2.05, 4.69) is 10.2 Å². The molecule has 1 heterocycles. The van der Waals surface area contributed by atoms with E-state index in [1.807, 2.05) is 0 Å². The quantitative estimate of drug-likeness (QED) is 0.381. The lowest BCUT2D eigenvalue weighted by molar-refractivity contribution is 0.344. The zero-order chi connectivity index (χ0) is 17.8. The molecule has 0 fully saturated rings. The number of nitrogens with zero attached hydrogens (tertiary/aromatic N) is 3. The van der Waals surface area contributed by atoms with Crippen LogP contribution >= 0.6 is 35.0 Å².